The van der Waals surface area contributed by atoms with Gasteiger partial charge in [-0.1, -0.05) is 18.7 Å². The zero-order valence-corrected chi connectivity index (χ0v) is 10.2. The molecule has 1 saturated heterocycles. The summed E-state index contributed by atoms with van der Waals surface area (Å²) in [5, 5.41) is 4.72. The van der Waals surface area contributed by atoms with Gasteiger partial charge in [0.1, 0.15) is 0 Å². The SMILES string of the molecule is CCC1CCSC(NC2CCOCC2)=N1. The summed E-state index contributed by atoms with van der Waals surface area (Å²) in [5.41, 5.74) is 0. The second-order valence-electron chi connectivity index (χ2n) is 4.16. The topological polar surface area (TPSA) is 33.6 Å². The summed E-state index contributed by atoms with van der Waals surface area (Å²) in [6, 6.07) is 1.13. The van der Waals surface area contributed by atoms with Crippen molar-refractivity contribution in [3.05, 3.63) is 0 Å². The zero-order valence-electron chi connectivity index (χ0n) is 9.37. The normalized spacial score (nSPS) is 28.6. The molecule has 0 aromatic carbocycles. The fourth-order valence-corrected chi connectivity index (χ4v) is 3.01. The molecular formula is C11H20N2OS. The van der Waals surface area contributed by atoms with Crippen molar-refractivity contribution in [3.63, 3.8) is 0 Å². The van der Waals surface area contributed by atoms with Crippen LogP contribution in [0.25, 0.3) is 0 Å². The van der Waals surface area contributed by atoms with Crippen molar-refractivity contribution in [2.75, 3.05) is 19.0 Å². The minimum atomic E-state index is 0.550. The number of hydrogen-bond acceptors (Lipinski definition) is 4. The molecule has 2 aliphatic heterocycles. The van der Waals surface area contributed by atoms with Crippen molar-refractivity contribution < 1.29 is 4.74 Å². The Morgan fingerprint density at radius 3 is 2.93 bits per heavy atom. The quantitative estimate of drug-likeness (QED) is 0.785. The van der Waals surface area contributed by atoms with E-state index in [1.54, 1.807) is 0 Å². The molecule has 2 heterocycles. The number of nitrogens with one attached hydrogen (secondary N) is 1. The van der Waals surface area contributed by atoms with E-state index in [2.05, 4.69) is 12.2 Å². The molecule has 0 aliphatic carbocycles. The summed E-state index contributed by atoms with van der Waals surface area (Å²) in [7, 11) is 0. The first kappa shape index (κ1) is 11.3. The van der Waals surface area contributed by atoms with E-state index in [4.69, 9.17) is 9.73 Å². The Morgan fingerprint density at radius 1 is 1.40 bits per heavy atom. The van der Waals surface area contributed by atoms with Crippen LogP contribution in [0.1, 0.15) is 32.6 Å². The average molecular weight is 228 g/mol. The van der Waals surface area contributed by atoms with Crippen LogP contribution in [-0.4, -0.2) is 36.2 Å². The van der Waals surface area contributed by atoms with Crippen molar-refractivity contribution in [1.29, 1.82) is 0 Å². The van der Waals surface area contributed by atoms with Crippen LogP contribution in [0.3, 0.4) is 0 Å². The molecular weight excluding hydrogens is 208 g/mol. The number of rotatable bonds is 2. The van der Waals surface area contributed by atoms with Crippen LogP contribution >= 0.6 is 11.8 Å². The Kier molecular flexibility index (Phi) is 4.32. The van der Waals surface area contributed by atoms with Crippen molar-refractivity contribution in [2.24, 2.45) is 4.99 Å². The molecule has 2 rings (SSSR count). The van der Waals surface area contributed by atoms with Gasteiger partial charge in [-0.3, -0.25) is 4.99 Å². The summed E-state index contributed by atoms with van der Waals surface area (Å²) in [5.74, 6) is 1.22. The summed E-state index contributed by atoms with van der Waals surface area (Å²) in [6.07, 6.45) is 4.65. The molecule has 0 spiro atoms. The smallest absolute Gasteiger partial charge is 0.157 e. The van der Waals surface area contributed by atoms with E-state index in [-0.39, 0.29) is 0 Å². The Labute approximate surface area is 96.1 Å². The number of thioether (sulfide) groups is 1. The van der Waals surface area contributed by atoms with Crippen LogP contribution in [0.15, 0.2) is 4.99 Å². The lowest BCUT2D eigenvalue weighted by Crippen LogP contribution is -2.39. The molecule has 0 amide bonds. The molecule has 0 radical (unpaired) electrons. The van der Waals surface area contributed by atoms with Gasteiger partial charge in [-0.05, 0) is 25.7 Å². The second kappa shape index (κ2) is 5.75. The van der Waals surface area contributed by atoms with Crippen LogP contribution in [0, 0.1) is 0 Å². The number of aliphatic imine (C=N–C) groups is 1. The van der Waals surface area contributed by atoms with E-state index >= 15 is 0 Å². The van der Waals surface area contributed by atoms with E-state index in [1.165, 1.54) is 23.8 Å². The van der Waals surface area contributed by atoms with Crippen molar-refractivity contribution in [3.8, 4) is 0 Å². The molecule has 4 heteroatoms. The second-order valence-corrected chi connectivity index (χ2v) is 5.25. The predicted octanol–water partition coefficient (Wildman–Crippen LogP) is 2.03. The van der Waals surface area contributed by atoms with Crippen molar-refractivity contribution >= 4 is 16.9 Å². The molecule has 3 nitrogen and oxygen atoms in total. The van der Waals surface area contributed by atoms with E-state index in [9.17, 15) is 0 Å². The molecule has 0 aromatic rings. The molecule has 15 heavy (non-hydrogen) atoms. The largest absolute Gasteiger partial charge is 0.381 e. The van der Waals surface area contributed by atoms with Crippen LogP contribution in [-0.2, 0) is 4.74 Å². The number of nitrogens with zero attached hydrogens (tertiary/aromatic N) is 1. The molecule has 1 N–H and O–H groups in total. The Bertz CT molecular complexity index is 227. The van der Waals surface area contributed by atoms with Crippen LogP contribution in [0.2, 0.25) is 0 Å². The van der Waals surface area contributed by atoms with Gasteiger partial charge in [0.25, 0.3) is 0 Å². The van der Waals surface area contributed by atoms with Crippen LogP contribution < -0.4 is 5.32 Å². The number of hydrogen-bond donors (Lipinski definition) is 1. The highest BCUT2D eigenvalue weighted by Crippen LogP contribution is 2.19. The maximum absolute atomic E-state index is 5.34. The third-order valence-electron chi connectivity index (χ3n) is 3.01. The summed E-state index contributed by atoms with van der Waals surface area (Å²) >= 11 is 1.87. The molecule has 2 aliphatic rings. The third-order valence-corrected chi connectivity index (χ3v) is 3.95. The molecule has 1 atom stereocenters. The Hall–Kier alpha value is -0.220. The predicted molar refractivity (Wildman–Crippen MR) is 65.6 cm³/mol. The van der Waals surface area contributed by atoms with Gasteiger partial charge in [0.05, 0.1) is 6.04 Å². The van der Waals surface area contributed by atoms with E-state index in [1.807, 2.05) is 11.8 Å². The maximum Gasteiger partial charge on any atom is 0.157 e. The lowest BCUT2D eigenvalue weighted by atomic mass is 10.1. The van der Waals surface area contributed by atoms with Gasteiger partial charge in [-0.2, -0.15) is 0 Å². The highest BCUT2D eigenvalue weighted by Gasteiger charge is 2.18. The molecule has 1 unspecified atom stereocenters. The van der Waals surface area contributed by atoms with E-state index in [0.717, 1.165) is 26.1 Å². The molecule has 1 fully saturated rings. The van der Waals surface area contributed by atoms with E-state index in [0.29, 0.717) is 12.1 Å². The standard InChI is InChI=1S/C11H20N2OS/c1-2-9-5-8-15-11(12-9)13-10-3-6-14-7-4-10/h9-10H,2-8H2,1H3,(H,12,13). The fraction of sp³-hybridized carbons (Fsp3) is 0.909. The highest BCUT2D eigenvalue weighted by molar-refractivity contribution is 8.13. The summed E-state index contributed by atoms with van der Waals surface area (Å²) in [6.45, 7) is 4.01. The average Bonchev–Trinajstić information content (AvgIpc) is 2.31. The third kappa shape index (κ3) is 3.38. The van der Waals surface area contributed by atoms with Crippen molar-refractivity contribution in [1.82, 2.24) is 5.32 Å². The monoisotopic (exact) mass is 228 g/mol. The van der Waals surface area contributed by atoms with Gasteiger partial charge in [0, 0.05) is 25.0 Å². The summed E-state index contributed by atoms with van der Waals surface area (Å²) in [4.78, 5) is 4.72. The van der Waals surface area contributed by atoms with Crippen LogP contribution in [0.5, 0.6) is 0 Å². The number of amidine groups is 1. The number of ether oxygens (including phenoxy) is 1. The van der Waals surface area contributed by atoms with Gasteiger partial charge in [0.2, 0.25) is 0 Å². The Balaban J connectivity index is 1.84. The van der Waals surface area contributed by atoms with Gasteiger partial charge in [-0.25, -0.2) is 0 Å². The van der Waals surface area contributed by atoms with Gasteiger partial charge < -0.3 is 10.1 Å². The van der Waals surface area contributed by atoms with Gasteiger partial charge in [0.15, 0.2) is 5.17 Å². The molecule has 0 bridgehead atoms. The first-order valence-corrected chi connectivity index (χ1v) is 6.92. The molecule has 0 saturated carbocycles. The first-order valence-electron chi connectivity index (χ1n) is 5.93. The highest BCUT2D eigenvalue weighted by atomic mass is 32.2. The molecule has 0 aromatic heterocycles. The first-order chi connectivity index (χ1) is 7.38. The maximum atomic E-state index is 5.34. The lowest BCUT2D eigenvalue weighted by molar-refractivity contribution is 0.0826. The van der Waals surface area contributed by atoms with Crippen molar-refractivity contribution in [2.45, 2.75) is 44.7 Å². The Morgan fingerprint density at radius 2 is 2.20 bits per heavy atom. The minimum Gasteiger partial charge on any atom is -0.381 e. The fourth-order valence-electron chi connectivity index (χ4n) is 1.95. The lowest BCUT2D eigenvalue weighted by Gasteiger charge is -2.27. The minimum absolute atomic E-state index is 0.550. The molecule has 86 valence electrons. The van der Waals surface area contributed by atoms with Crippen LogP contribution in [0.4, 0.5) is 0 Å². The van der Waals surface area contributed by atoms with Gasteiger partial charge >= 0.3 is 0 Å². The van der Waals surface area contributed by atoms with Gasteiger partial charge in [-0.15, -0.1) is 0 Å². The summed E-state index contributed by atoms with van der Waals surface area (Å²) < 4.78 is 5.34. The zero-order chi connectivity index (χ0) is 10.5. The van der Waals surface area contributed by atoms with E-state index < -0.39 is 0 Å².